The molecule has 2 fully saturated rings. The van der Waals surface area contributed by atoms with E-state index in [9.17, 15) is 13.2 Å². The van der Waals surface area contributed by atoms with E-state index in [1.54, 1.807) is 30.3 Å². The molecule has 2 nitrogen and oxygen atoms in total. The van der Waals surface area contributed by atoms with Gasteiger partial charge in [-0.25, -0.2) is 8.78 Å². The fourth-order valence-corrected chi connectivity index (χ4v) is 5.45. The molecule has 0 aromatic heterocycles. The zero-order chi connectivity index (χ0) is 24.1. The monoisotopic (exact) mass is 472 g/mol. The van der Waals surface area contributed by atoms with Crippen LogP contribution in [0, 0.1) is 29.3 Å². The van der Waals surface area contributed by atoms with Gasteiger partial charge in [0.2, 0.25) is 5.82 Å². The van der Waals surface area contributed by atoms with Crippen molar-refractivity contribution in [2.75, 3.05) is 13.2 Å². The van der Waals surface area contributed by atoms with Gasteiger partial charge < -0.3 is 9.47 Å². The van der Waals surface area contributed by atoms with E-state index in [4.69, 9.17) is 9.47 Å². The highest BCUT2D eigenvalue weighted by Gasteiger charge is 2.27. The number of halogens is 3. The Labute approximate surface area is 201 Å². The summed E-state index contributed by atoms with van der Waals surface area (Å²) in [5.74, 6) is -0.396. The van der Waals surface area contributed by atoms with E-state index in [0.29, 0.717) is 18.1 Å². The lowest BCUT2D eigenvalue weighted by molar-refractivity contribution is 0.192. The summed E-state index contributed by atoms with van der Waals surface area (Å²) in [6.45, 7) is 6.43. The van der Waals surface area contributed by atoms with Crippen LogP contribution in [0.15, 0.2) is 43.0 Å². The highest BCUT2D eigenvalue weighted by atomic mass is 19.2. The molecule has 0 radical (unpaired) electrons. The molecule has 0 saturated heterocycles. The first-order valence-corrected chi connectivity index (χ1v) is 12.6. The third-order valence-corrected chi connectivity index (χ3v) is 7.64. The van der Waals surface area contributed by atoms with Crippen LogP contribution >= 0.6 is 0 Å². The van der Waals surface area contributed by atoms with E-state index >= 15 is 0 Å². The van der Waals surface area contributed by atoms with Gasteiger partial charge in [0, 0.05) is 0 Å². The summed E-state index contributed by atoms with van der Waals surface area (Å²) < 4.78 is 54.9. The molecule has 4 rings (SSSR count). The van der Waals surface area contributed by atoms with E-state index in [1.807, 2.05) is 6.07 Å². The van der Waals surface area contributed by atoms with Gasteiger partial charge in [0.1, 0.15) is 6.61 Å². The lowest BCUT2D eigenvalue weighted by Gasteiger charge is -2.29. The van der Waals surface area contributed by atoms with E-state index < -0.39 is 11.6 Å². The molecule has 0 spiro atoms. The van der Waals surface area contributed by atoms with Gasteiger partial charge in [-0.2, -0.15) is 4.39 Å². The average Bonchev–Trinajstić information content (AvgIpc) is 2.85. The van der Waals surface area contributed by atoms with Crippen molar-refractivity contribution in [2.45, 2.75) is 70.1 Å². The van der Waals surface area contributed by atoms with Crippen LogP contribution in [-0.2, 0) is 0 Å². The van der Waals surface area contributed by atoms with Crippen molar-refractivity contribution >= 4 is 0 Å². The molecule has 0 atom stereocenters. The zero-order valence-corrected chi connectivity index (χ0v) is 20.0. The van der Waals surface area contributed by atoms with Crippen LogP contribution in [-0.4, -0.2) is 13.2 Å². The Bertz CT molecular complexity index is 974. The van der Waals surface area contributed by atoms with Gasteiger partial charge in [-0.15, -0.1) is 0 Å². The molecule has 0 N–H and O–H groups in total. The molecule has 0 unspecified atom stereocenters. The number of hydrogen-bond acceptors (Lipinski definition) is 2. The fraction of sp³-hybridized carbons (Fsp3) is 0.517. The topological polar surface area (TPSA) is 18.5 Å². The van der Waals surface area contributed by atoms with Crippen LogP contribution in [0.3, 0.4) is 0 Å². The van der Waals surface area contributed by atoms with Crippen LogP contribution in [0.1, 0.15) is 81.3 Å². The Hall–Kier alpha value is -2.43. The molecule has 2 saturated carbocycles. The van der Waals surface area contributed by atoms with Gasteiger partial charge in [-0.05, 0) is 91.5 Å². The lowest BCUT2D eigenvalue weighted by atomic mass is 9.79. The maximum Gasteiger partial charge on any atom is 0.200 e. The van der Waals surface area contributed by atoms with Crippen LogP contribution in [0.25, 0.3) is 0 Å². The molecule has 0 bridgehead atoms. The highest BCUT2D eigenvalue weighted by molar-refractivity contribution is 5.34. The SMILES string of the molecule is C=CCOc1ccc(C2CCC(COc3ccc(C4CCC(C)CC4)c(F)c3F)CC2)cc1F. The van der Waals surface area contributed by atoms with Gasteiger partial charge >= 0.3 is 0 Å². The molecule has 2 aliphatic rings. The summed E-state index contributed by atoms with van der Waals surface area (Å²) in [5.41, 5.74) is 1.47. The van der Waals surface area contributed by atoms with Crippen molar-refractivity contribution in [1.82, 2.24) is 0 Å². The Morgan fingerprint density at radius 2 is 1.50 bits per heavy atom. The summed E-state index contributed by atoms with van der Waals surface area (Å²) in [7, 11) is 0. The normalized spacial score (nSPS) is 25.1. The van der Waals surface area contributed by atoms with E-state index in [0.717, 1.165) is 56.9 Å². The van der Waals surface area contributed by atoms with Gasteiger partial charge in [-0.1, -0.05) is 44.6 Å². The minimum absolute atomic E-state index is 0.00438. The molecule has 0 aliphatic heterocycles. The number of hydrogen-bond donors (Lipinski definition) is 0. The van der Waals surface area contributed by atoms with E-state index in [1.165, 1.54) is 0 Å². The minimum Gasteiger partial charge on any atom is -0.490 e. The van der Waals surface area contributed by atoms with Gasteiger partial charge in [0.15, 0.2) is 23.1 Å². The zero-order valence-electron chi connectivity index (χ0n) is 20.0. The molecule has 2 aliphatic carbocycles. The van der Waals surface area contributed by atoms with Crippen LogP contribution < -0.4 is 9.47 Å². The Kier molecular flexibility index (Phi) is 8.23. The van der Waals surface area contributed by atoms with Crippen LogP contribution in [0.2, 0.25) is 0 Å². The Morgan fingerprint density at radius 3 is 2.18 bits per heavy atom. The molecular weight excluding hydrogens is 437 g/mol. The third-order valence-electron chi connectivity index (χ3n) is 7.64. The fourth-order valence-electron chi connectivity index (χ4n) is 5.45. The van der Waals surface area contributed by atoms with Crippen molar-refractivity contribution in [3.8, 4) is 11.5 Å². The molecular formula is C29H35F3O2. The second kappa shape index (κ2) is 11.3. The van der Waals surface area contributed by atoms with Crippen molar-refractivity contribution in [1.29, 1.82) is 0 Å². The largest absolute Gasteiger partial charge is 0.490 e. The molecule has 184 valence electrons. The predicted octanol–water partition coefficient (Wildman–Crippen LogP) is 8.32. The standard InChI is InChI=1S/C29H35F3O2/c1-3-16-33-26-14-12-23(17-25(26)30)21-10-6-20(7-11-21)18-34-27-15-13-24(28(31)29(27)32)22-8-4-19(2)5-9-22/h3,12-15,17,19-22H,1,4-11,16,18H2,2H3. The Morgan fingerprint density at radius 1 is 0.824 bits per heavy atom. The smallest absolute Gasteiger partial charge is 0.200 e. The molecule has 5 heteroatoms. The van der Waals surface area contributed by atoms with Crippen molar-refractivity contribution < 1.29 is 22.6 Å². The second-order valence-electron chi connectivity index (χ2n) is 10.1. The van der Waals surface area contributed by atoms with Gasteiger partial charge in [0.25, 0.3) is 0 Å². The van der Waals surface area contributed by atoms with Gasteiger partial charge in [0.05, 0.1) is 6.61 Å². The minimum atomic E-state index is -0.862. The average molecular weight is 473 g/mol. The van der Waals surface area contributed by atoms with Crippen LogP contribution in [0.4, 0.5) is 13.2 Å². The van der Waals surface area contributed by atoms with E-state index in [2.05, 4.69) is 13.5 Å². The molecule has 2 aromatic carbocycles. The molecule has 2 aromatic rings. The maximum atomic E-state index is 14.8. The molecule has 0 amide bonds. The maximum absolute atomic E-state index is 14.8. The summed E-state index contributed by atoms with van der Waals surface area (Å²) in [4.78, 5) is 0. The van der Waals surface area contributed by atoms with Crippen molar-refractivity contribution in [2.24, 2.45) is 11.8 Å². The summed E-state index contributed by atoms with van der Waals surface area (Å²) >= 11 is 0. The second-order valence-corrected chi connectivity index (χ2v) is 10.1. The first-order chi connectivity index (χ1) is 16.5. The summed E-state index contributed by atoms with van der Waals surface area (Å²) in [6, 6.07) is 8.47. The van der Waals surface area contributed by atoms with Crippen molar-refractivity contribution in [3.63, 3.8) is 0 Å². The number of benzene rings is 2. The quantitative estimate of drug-likeness (QED) is 0.360. The molecule has 0 heterocycles. The highest BCUT2D eigenvalue weighted by Crippen LogP contribution is 2.40. The van der Waals surface area contributed by atoms with E-state index in [-0.39, 0.29) is 41.7 Å². The molecule has 34 heavy (non-hydrogen) atoms. The third kappa shape index (κ3) is 5.79. The first kappa shape index (κ1) is 24.7. The summed E-state index contributed by atoms with van der Waals surface area (Å²) in [6.07, 6.45) is 9.17. The van der Waals surface area contributed by atoms with Gasteiger partial charge in [-0.3, -0.25) is 0 Å². The predicted molar refractivity (Wildman–Crippen MR) is 129 cm³/mol. The Balaban J connectivity index is 1.29. The summed E-state index contributed by atoms with van der Waals surface area (Å²) in [5, 5.41) is 0. The van der Waals surface area contributed by atoms with Crippen molar-refractivity contribution in [3.05, 3.63) is 71.6 Å². The lowest BCUT2D eigenvalue weighted by Crippen LogP contribution is -2.20. The first-order valence-electron chi connectivity index (χ1n) is 12.6. The number of rotatable bonds is 8. The number of ether oxygens (including phenoxy) is 2. The van der Waals surface area contributed by atoms with Crippen LogP contribution in [0.5, 0.6) is 11.5 Å².